The summed E-state index contributed by atoms with van der Waals surface area (Å²) in [5.74, 6) is 0. The van der Waals surface area contributed by atoms with Crippen molar-refractivity contribution in [2.75, 3.05) is 11.9 Å². The van der Waals surface area contributed by atoms with Crippen LogP contribution in [-0.2, 0) is 20.2 Å². The third-order valence-corrected chi connectivity index (χ3v) is 6.45. The highest BCUT2D eigenvalue weighted by molar-refractivity contribution is 7.99. The van der Waals surface area contributed by atoms with Gasteiger partial charge in [-0.25, -0.2) is 0 Å². The highest BCUT2D eigenvalue weighted by atomic mass is 32.2. The van der Waals surface area contributed by atoms with Gasteiger partial charge in [0, 0.05) is 16.8 Å². The zero-order valence-electron chi connectivity index (χ0n) is 11.7. The molecule has 1 aliphatic heterocycles. The van der Waals surface area contributed by atoms with Gasteiger partial charge in [-0.1, -0.05) is 23.9 Å². The van der Waals surface area contributed by atoms with Crippen LogP contribution in [0.4, 0.5) is 11.4 Å². The Kier molecular flexibility index (Phi) is 3.69. The minimum absolute atomic E-state index is 0.00586. The predicted molar refractivity (Wildman–Crippen MR) is 84.7 cm³/mol. The van der Waals surface area contributed by atoms with Crippen molar-refractivity contribution in [1.29, 1.82) is 0 Å². The van der Waals surface area contributed by atoms with Crippen LogP contribution in [0.2, 0.25) is 0 Å². The molecule has 1 aliphatic rings. The summed E-state index contributed by atoms with van der Waals surface area (Å²) in [5, 5.41) is 0. The van der Waals surface area contributed by atoms with Crippen molar-refractivity contribution < 1.29 is 25.9 Å². The van der Waals surface area contributed by atoms with Gasteiger partial charge in [0.2, 0.25) is 0 Å². The standard InChI is InChI=1S/C13H11NO6S3/c1-14-8-4-2-3-5-9(8)21-10-6-7-11(22(15,16)17)13(12(10)14)23(18,19)20/h2-7H,1H3,(H,15,16,17)(H,18,19,20). The second kappa shape index (κ2) is 5.21. The summed E-state index contributed by atoms with van der Waals surface area (Å²) >= 11 is 1.24. The Labute approximate surface area is 137 Å². The van der Waals surface area contributed by atoms with E-state index in [4.69, 9.17) is 0 Å². The zero-order valence-corrected chi connectivity index (χ0v) is 14.1. The number of nitrogens with zero attached hydrogens (tertiary/aromatic N) is 1. The zero-order chi connectivity index (χ0) is 17.0. The van der Waals surface area contributed by atoms with Gasteiger partial charge in [0.1, 0.15) is 9.79 Å². The van der Waals surface area contributed by atoms with Crippen LogP contribution in [0.25, 0.3) is 0 Å². The number of benzene rings is 2. The van der Waals surface area contributed by atoms with Crippen LogP contribution in [-0.4, -0.2) is 33.0 Å². The minimum atomic E-state index is -4.89. The van der Waals surface area contributed by atoms with Crippen LogP contribution in [0.3, 0.4) is 0 Å². The molecule has 23 heavy (non-hydrogen) atoms. The van der Waals surface area contributed by atoms with Crippen molar-refractivity contribution in [3.05, 3.63) is 36.4 Å². The van der Waals surface area contributed by atoms with E-state index in [0.717, 1.165) is 11.0 Å². The Morgan fingerprint density at radius 2 is 1.57 bits per heavy atom. The van der Waals surface area contributed by atoms with E-state index in [0.29, 0.717) is 10.6 Å². The molecular formula is C13H11NO6S3. The summed E-state index contributed by atoms with van der Waals surface area (Å²) in [6.07, 6.45) is 0. The first-order valence-corrected chi connectivity index (χ1v) is 9.93. The summed E-state index contributed by atoms with van der Waals surface area (Å²) in [6, 6.07) is 9.50. The van der Waals surface area contributed by atoms with Crippen LogP contribution in [0.1, 0.15) is 0 Å². The maximum absolute atomic E-state index is 11.8. The summed E-state index contributed by atoms with van der Waals surface area (Å²) in [6.45, 7) is 0. The predicted octanol–water partition coefficient (Wildman–Crippen LogP) is 2.41. The van der Waals surface area contributed by atoms with E-state index in [1.807, 2.05) is 12.1 Å². The lowest BCUT2D eigenvalue weighted by atomic mass is 10.2. The molecule has 122 valence electrons. The Bertz CT molecular complexity index is 1010. The molecule has 0 bridgehead atoms. The molecule has 1 heterocycles. The molecule has 0 saturated heterocycles. The van der Waals surface area contributed by atoms with Gasteiger partial charge in [0.05, 0.1) is 11.4 Å². The Balaban J connectivity index is 2.41. The van der Waals surface area contributed by atoms with Gasteiger partial charge in [-0.05, 0) is 24.3 Å². The van der Waals surface area contributed by atoms with E-state index in [9.17, 15) is 25.9 Å². The first-order valence-electron chi connectivity index (χ1n) is 6.23. The molecule has 0 atom stereocenters. The van der Waals surface area contributed by atoms with E-state index in [1.165, 1.54) is 22.7 Å². The molecule has 2 N–H and O–H groups in total. The quantitative estimate of drug-likeness (QED) is 0.772. The van der Waals surface area contributed by atoms with Gasteiger partial charge in [-0.2, -0.15) is 16.8 Å². The molecule has 3 rings (SSSR count). The van der Waals surface area contributed by atoms with Crippen LogP contribution in [0.15, 0.2) is 56.0 Å². The smallest absolute Gasteiger partial charge is 0.298 e. The summed E-state index contributed by atoms with van der Waals surface area (Å²) in [4.78, 5) is 1.08. The van der Waals surface area contributed by atoms with E-state index in [-0.39, 0.29) is 5.69 Å². The fourth-order valence-electron chi connectivity index (χ4n) is 2.45. The fourth-order valence-corrected chi connectivity index (χ4v) is 5.69. The molecule has 2 aromatic rings. The number of para-hydroxylation sites is 1. The first kappa shape index (κ1) is 16.3. The topological polar surface area (TPSA) is 112 Å². The Hall–Kier alpha value is -1.59. The second-order valence-corrected chi connectivity index (χ2v) is 8.65. The first-order chi connectivity index (χ1) is 10.6. The number of anilines is 2. The number of hydrogen-bond donors (Lipinski definition) is 2. The van der Waals surface area contributed by atoms with Crippen molar-refractivity contribution >= 4 is 43.4 Å². The molecule has 0 fully saturated rings. The molecule has 0 saturated carbocycles. The molecule has 0 aromatic heterocycles. The second-order valence-electron chi connectivity index (χ2n) is 4.82. The monoisotopic (exact) mass is 373 g/mol. The van der Waals surface area contributed by atoms with Gasteiger partial charge < -0.3 is 4.90 Å². The summed E-state index contributed by atoms with van der Waals surface area (Å²) in [5.41, 5.74) is 0.661. The molecule has 0 amide bonds. The van der Waals surface area contributed by atoms with Gasteiger partial charge >= 0.3 is 0 Å². The van der Waals surface area contributed by atoms with Crippen molar-refractivity contribution in [3.8, 4) is 0 Å². The van der Waals surface area contributed by atoms with Crippen molar-refractivity contribution in [1.82, 2.24) is 0 Å². The van der Waals surface area contributed by atoms with E-state index in [1.54, 1.807) is 19.2 Å². The van der Waals surface area contributed by atoms with Gasteiger partial charge in [0.15, 0.2) is 0 Å². The number of rotatable bonds is 2. The van der Waals surface area contributed by atoms with Crippen molar-refractivity contribution in [2.24, 2.45) is 0 Å². The third kappa shape index (κ3) is 2.72. The van der Waals surface area contributed by atoms with Gasteiger partial charge in [-0.15, -0.1) is 0 Å². The van der Waals surface area contributed by atoms with Crippen molar-refractivity contribution in [3.63, 3.8) is 0 Å². The number of hydrogen-bond acceptors (Lipinski definition) is 6. The molecule has 2 aromatic carbocycles. The fraction of sp³-hybridized carbons (Fsp3) is 0.0769. The molecule has 0 radical (unpaired) electrons. The largest absolute Gasteiger partial charge is 0.342 e. The van der Waals surface area contributed by atoms with E-state index >= 15 is 0 Å². The molecule has 0 unspecified atom stereocenters. The number of fused-ring (bicyclic) bond motifs is 2. The molecule has 0 aliphatic carbocycles. The SMILES string of the molecule is CN1c2ccccc2Sc2ccc(S(=O)(=O)O)c(S(=O)(=O)O)c21. The molecular weight excluding hydrogens is 362 g/mol. The third-order valence-electron chi connectivity index (χ3n) is 3.38. The summed E-state index contributed by atoms with van der Waals surface area (Å²) in [7, 11) is -8.16. The van der Waals surface area contributed by atoms with Gasteiger partial charge in [-0.3, -0.25) is 9.11 Å². The van der Waals surface area contributed by atoms with Crippen LogP contribution < -0.4 is 4.90 Å². The lowest BCUT2D eigenvalue weighted by Crippen LogP contribution is -2.20. The molecule has 7 nitrogen and oxygen atoms in total. The Morgan fingerprint density at radius 1 is 0.913 bits per heavy atom. The van der Waals surface area contributed by atoms with Crippen LogP contribution in [0.5, 0.6) is 0 Å². The normalized spacial score (nSPS) is 14.3. The highest BCUT2D eigenvalue weighted by Gasteiger charge is 2.34. The minimum Gasteiger partial charge on any atom is -0.342 e. The average molecular weight is 373 g/mol. The lowest BCUT2D eigenvalue weighted by molar-refractivity contribution is 0.466. The Morgan fingerprint density at radius 3 is 2.17 bits per heavy atom. The molecule has 0 spiro atoms. The van der Waals surface area contributed by atoms with Crippen LogP contribution >= 0.6 is 11.8 Å². The maximum atomic E-state index is 11.8. The van der Waals surface area contributed by atoms with Gasteiger partial charge in [0.25, 0.3) is 20.2 Å². The van der Waals surface area contributed by atoms with Crippen molar-refractivity contribution in [2.45, 2.75) is 19.6 Å². The maximum Gasteiger partial charge on any atom is 0.298 e. The van der Waals surface area contributed by atoms with E-state index < -0.39 is 30.0 Å². The van der Waals surface area contributed by atoms with Crippen LogP contribution in [0, 0.1) is 0 Å². The summed E-state index contributed by atoms with van der Waals surface area (Å²) < 4.78 is 65.3. The lowest BCUT2D eigenvalue weighted by Gasteiger charge is -2.31. The molecule has 10 heteroatoms. The highest BCUT2D eigenvalue weighted by Crippen LogP contribution is 2.50. The average Bonchev–Trinajstić information content (AvgIpc) is 2.44. The van der Waals surface area contributed by atoms with E-state index in [2.05, 4.69) is 0 Å².